The van der Waals surface area contributed by atoms with Gasteiger partial charge in [-0.2, -0.15) is 36.0 Å². The fraction of sp³-hybridized carbons (Fsp3) is 0.316. The third kappa shape index (κ3) is 5.04. The van der Waals surface area contributed by atoms with Gasteiger partial charge in [-0.15, -0.1) is 5.10 Å². The number of carbonyl (C=O) groups excluding carboxylic acids is 1. The second-order valence-electron chi connectivity index (χ2n) is 6.89. The van der Waals surface area contributed by atoms with Crippen molar-refractivity contribution in [3.05, 3.63) is 59.2 Å². The molecule has 3 aromatic rings. The zero-order valence-electron chi connectivity index (χ0n) is 17.4. The van der Waals surface area contributed by atoms with Crippen molar-refractivity contribution in [2.75, 3.05) is 19.4 Å². The number of nitrogens with one attached hydrogen (secondary N) is 1. The van der Waals surface area contributed by atoms with Gasteiger partial charge in [0.2, 0.25) is 5.95 Å². The molecule has 0 saturated carbocycles. The van der Waals surface area contributed by atoms with Crippen LogP contribution < -0.4 is 5.32 Å². The number of anilines is 1. The van der Waals surface area contributed by atoms with Crippen LogP contribution in [0.4, 0.5) is 32.3 Å². The van der Waals surface area contributed by atoms with E-state index in [0.717, 1.165) is 4.90 Å². The van der Waals surface area contributed by atoms with E-state index in [4.69, 9.17) is 0 Å². The van der Waals surface area contributed by atoms with Gasteiger partial charge in [-0.05, 0) is 31.2 Å². The predicted molar refractivity (Wildman–Crippen MR) is 103 cm³/mol. The molecule has 0 spiro atoms. The number of nitrogens with zero attached hydrogens (tertiary/aromatic N) is 6. The Kier molecular flexibility index (Phi) is 6.29. The Balaban J connectivity index is 1.97. The van der Waals surface area contributed by atoms with Crippen LogP contribution in [0.5, 0.6) is 0 Å². The minimum Gasteiger partial charge on any atom is -0.357 e. The molecule has 33 heavy (non-hydrogen) atoms. The lowest BCUT2D eigenvalue weighted by molar-refractivity contribution is -0.143. The summed E-state index contributed by atoms with van der Waals surface area (Å²) in [5, 5.41) is 7.00. The lowest BCUT2D eigenvalue weighted by Gasteiger charge is -2.23. The number of amides is 1. The van der Waals surface area contributed by atoms with E-state index in [1.807, 2.05) is 0 Å². The second-order valence-corrected chi connectivity index (χ2v) is 6.89. The molecule has 0 aliphatic heterocycles. The zero-order valence-corrected chi connectivity index (χ0v) is 17.4. The molecule has 8 nitrogen and oxygen atoms in total. The number of rotatable bonds is 5. The van der Waals surface area contributed by atoms with E-state index in [-0.39, 0.29) is 23.8 Å². The van der Waals surface area contributed by atoms with E-state index in [2.05, 4.69) is 25.4 Å². The Bertz CT molecular complexity index is 1110. The molecule has 0 radical (unpaired) electrons. The maximum absolute atomic E-state index is 13.1. The molecule has 1 aromatic carbocycles. The molecule has 2 aromatic heterocycles. The number of hydrogen-bond donors (Lipinski definition) is 1. The van der Waals surface area contributed by atoms with Crippen molar-refractivity contribution in [1.82, 2.24) is 29.6 Å². The number of carbonyl (C=O) groups is 1. The SMILES string of the molecule is CNc1nc(C(C)N(C)C(=O)c2cc(C(F)(F)F)cc(C(F)(F)F)c2)nn1-c1ncccn1. The molecule has 1 atom stereocenters. The molecule has 1 amide bonds. The second kappa shape index (κ2) is 8.67. The van der Waals surface area contributed by atoms with Crippen LogP contribution in [-0.2, 0) is 12.4 Å². The molecule has 176 valence electrons. The van der Waals surface area contributed by atoms with Gasteiger partial charge in [0.25, 0.3) is 11.9 Å². The van der Waals surface area contributed by atoms with Crippen LogP contribution in [0.15, 0.2) is 36.7 Å². The highest BCUT2D eigenvalue weighted by Gasteiger charge is 2.38. The first-order valence-electron chi connectivity index (χ1n) is 9.31. The van der Waals surface area contributed by atoms with Crippen molar-refractivity contribution in [2.45, 2.75) is 25.3 Å². The van der Waals surface area contributed by atoms with Gasteiger partial charge in [-0.25, -0.2) is 9.97 Å². The number of halogens is 6. The van der Waals surface area contributed by atoms with Crippen molar-refractivity contribution in [2.24, 2.45) is 0 Å². The van der Waals surface area contributed by atoms with Crippen LogP contribution in [0.25, 0.3) is 5.95 Å². The molecule has 3 rings (SSSR count). The number of alkyl halides is 6. The standard InChI is InChI=1S/C19H17F6N7O/c1-10(14-29-16(26-2)32(30-14)17-27-5-4-6-28-17)31(3)15(33)11-7-12(18(20,21)22)9-13(8-11)19(23,24)25/h4-10H,1-3H3,(H,26,29,30). The Morgan fingerprint density at radius 1 is 1.03 bits per heavy atom. The Morgan fingerprint density at radius 3 is 2.06 bits per heavy atom. The lowest BCUT2D eigenvalue weighted by atomic mass is 10.0. The van der Waals surface area contributed by atoms with E-state index in [0.29, 0.717) is 12.1 Å². The Morgan fingerprint density at radius 2 is 1.58 bits per heavy atom. The molecule has 0 bridgehead atoms. The van der Waals surface area contributed by atoms with Crippen molar-refractivity contribution in [1.29, 1.82) is 0 Å². The summed E-state index contributed by atoms with van der Waals surface area (Å²) in [6, 6.07) is 1.38. The van der Waals surface area contributed by atoms with Gasteiger partial charge in [0.05, 0.1) is 17.2 Å². The molecule has 1 unspecified atom stereocenters. The van der Waals surface area contributed by atoms with Crippen molar-refractivity contribution in [3.8, 4) is 5.95 Å². The summed E-state index contributed by atoms with van der Waals surface area (Å²) in [5.74, 6) is -0.639. The van der Waals surface area contributed by atoms with Gasteiger partial charge in [0, 0.05) is 32.1 Å². The third-order valence-electron chi connectivity index (χ3n) is 4.70. The summed E-state index contributed by atoms with van der Waals surface area (Å²) < 4.78 is 80.1. The molecular formula is C19H17F6N7O. The van der Waals surface area contributed by atoms with E-state index >= 15 is 0 Å². The Labute approximate surface area is 183 Å². The van der Waals surface area contributed by atoms with E-state index in [1.54, 1.807) is 13.1 Å². The highest BCUT2D eigenvalue weighted by Crippen LogP contribution is 2.36. The fourth-order valence-electron chi connectivity index (χ4n) is 2.84. The highest BCUT2D eigenvalue weighted by atomic mass is 19.4. The maximum atomic E-state index is 13.1. The van der Waals surface area contributed by atoms with Crippen LogP contribution in [-0.4, -0.2) is 49.6 Å². The summed E-state index contributed by atoms with van der Waals surface area (Å²) >= 11 is 0. The maximum Gasteiger partial charge on any atom is 0.416 e. The largest absolute Gasteiger partial charge is 0.416 e. The molecule has 0 fully saturated rings. The minimum absolute atomic E-state index is 0.0392. The lowest BCUT2D eigenvalue weighted by Crippen LogP contribution is -2.31. The smallest absolute Gasteiger partial charge is 0.357 e. The summed E-state index contributed by atoms with van der Waals surface area (Å²) in [6.45, 7) is 1.47. The van der Waals surface area contributed by atoms with Gasteiger partial charge in [-0.1, -0.05) is 0 Å². The molecule has 0 saturated heterocycles. The van der Waals surface area contributed by atoms with E-state index in [1.165, 1.54) is 31.0 Å². The van der Waals surface area contributed by atoms with Crippen LogP contribution in [0, 0.1) is 0 Å². The van der Waals surface area contributed by atoms with Gasteiger partial charge in [-0.3, -0.25) is 4.79 Å². The van der Waals surface area contributed by atoms with Gasteiger partial charge >= 0.3 is 12.4 Å². The van der Waals surface area contributed by atoms with Crippen LogP contribution in [0.1, 0.15) is 40.3 Å². The number of benzene rings is 1. The molecule has 1 N–H and O–H groups in total. The molecule has 2 heterocycles. The van der Waals surface area contributed by atoms with Crippen molar-refractivity contribution < 1.29 is 31.1 Å². The van der Waals surface area contributed by atoms with Crippen molar-refractivity contribution >= 4 is 11.9 Å². The van der Waals surface area contributed by atoms with Crippen LogP contribution in [0.2, 0.25) is 0 Å². The molecular weight excluding hydrogens is 456 g/mol. The summed E-state index contributed by atoms with van der Waals surface area (Å²) in [4.78, 5) is 26.1. The van der Waals surface area contributed by atoms with E-state index < -0.39 is 41.0 Å². The van der Waals surface area contributed by atoms with Gasteiger partial charge in [0.1, 0.15) is 0 Å². The Hall–Kier alpha value is -3.71. The topological polar surface area (TPSA) is 88.8 Å². The molecule has 14 heteroatoms. The number of hydrogen-bond acceptors (Lipinski definition) is 6. The van der Waals surface area contributed by atoms with Gasteiger partial charge < -0.3 is 10.2 Å². The summed E-state index contributed by atoms with van der Waals surface area (Å²) in [7, 11) is 2.77. The predicted octanol–water partition coefficient (Wildman–Crippen LogP) is 3.97. The summed E-state index contributed by atoms with van der Waals surface area (Å²) in [5.41, 5.74) is -3.93. The first-order chi connectivity index (χ1) is 15.3. The normalized spacial score (nSPS) is 13.0. The van der Waals surface area contributed by atoms with Crippen LogP contribution >= 0.6 is 0 Å². The highest BCUT2D eigenvalue weighted by molar-refractivity contribution is 5.94. The zero-order chi connectivity index (χ0) is 24.6. The molecule has 0 aliphatic carbocycles. The average Bonchev–Trinajstić information content (AvgIpc) is 3.21. The van der Waals surface area contributed by atoms with Crippen LogP contribution in [0.3, 0.4) is 0 Å². The third-order valence-corrected chi connectivity index (χ3v) is 4.70. The minimum atomic E-state index is -5.07. The van der Waals surface area contributed by atoms with Crippen molar-refractivity contribution in [3.63, 3.8) is 0 Å². The van der Waals surface area contributed by atoms with Gasteiger partial charge in [0.15, 0.2) is 5.82 Å². The van der Waals surface area contributed by atoms with E-state index in [9.17, 15) is 31.1 Å². The average molecular weight is 473 g/mol. The quantitative estimate of drug-likeness (QED) is 0.565. The first kappa shape index (κ1) is 23.9. The fourth-order valence-corrected chi connectivity index (χ4v) is 2.84. The summed E-state index contributed by atoms with van der Waals surface area (Å²) in [6.07, 6.45) is -7.21. The first-order valence-corrected chi connectivity index (χ1v) is 9.31. The monoisotopic (exact) mass is 473 g/mol. The number of aromatic nitrogens is 5. The molecule has 0 aliphatic rings.